The van der Waals surface area contributed by atoms with Gasteiger partial charge in [0.15, 0.2) is 0 Å². The summed E-state index contributed by atoms with van der Waals surface area (Å²) in [7, 11) is 0. The molecule has 0 atom stereocenters. The standard InChI is InChI=1S/C15H24N4O/c1-15(2,3)19-8-6-18(7-9-19)13-10-11(14(17)20)4-5-12(13)16/h4-5,10H,6-9,16H2,1-3H3,(H2,17,20). The van der Waals surface area contributed by atoms with E-state index in [4.69, 9.17) is 11.5 Å². The molecule has 110 valence electrons. The molecule has 2 rings (SSSR count). The number of primary amides is 1. The van der Waals surface area contributed by atoms with Crippen molar-refractivity contribution < 1.29 is 4.79 Å². The molecule has 1 amide bonds. The van der Waals surface area contributed by atoms with Gasteiger partial charge in [-0.25, -0.2) is 0 Å². The topological polar surface area (TPSA) is 75.6 Å². The number of nitrogen functional groups attached to an aromatic ring is 1. The zero-order valence-corrected chi connectivity index (χ0v) is 12.5. The van der Waals surface area contributed by atoms with Gasteiger partial charge in [0, 0.05) is 37.3 Å². The minimum atomic E-state index is -0.417. The Hall–Kier alpha value is -1.75. The van der Waals surface area contributed by atoms with Gasteiger partial charge in [0.2, 0.25) is 5.91 Å². The van der Waals surface area contributed by atoms with Crippen LogP contribution in [0.4, 0.5) is 11.4 Å². The summed E-state index contributed by atoms with van der Waals surface area (Å²) in [6, 6.07) is 5.22. The van der Waals surface area contributed by atoms with Crippen LogP contribution in [0.2, 0.25) is 0 Å². The lowest BCUT2D eigenvalue weighted by Gasteiger charge is -2.43. The SMILES string of the molecule is CC(C)(C)N1CCN(c2cc(C(N)=O)ccc2N)CC1. The molecule has 0 spiro atoms. The van der Waals surface area contributed by atoms with Crippen LogP contribution in [-0.4, -0.2) is 42.5 Å². The number of rotatable bonds is 2. The molecule has 5 nitrogen and oxygen atoms in total. The average molecular weight is 276 g/mol. The molecule has 1 fully saturated rings. The van der Waals surface area contributed by atoms with Gasteiger partial charge in [-0.15, -0.1) is 0 Å². The lowest BCUT2D eigenvalue weighted by atomic mass is 10.0. The van der Waals surface area contributed by atoms with Crippen molar-refractivity contribution in [3.05, 3.63) is 23.8 Å². The van der Waals surface area contributed by atoms with Crippen LogP contribution in [-0.2, 0) is 0 Å². The van der Waals surface area contributed by atoms with Crippen molar-refractivity contribution in [1.82, 2.24) is 4.90 Å². The maximum absolute atomic E-state index is 11.3. The first-order valence-corrected chi connectivity index (χ1v) is 6.98. The third-order valence-electron chi connectivity index (χ3n) is 3.88. The normalized spacial score (nSPS) is 17.2. The second-order valence-corrected chi connectivity index (χ2v) is 6.28. The minimum Gasteiger partial charge on any atom is -0.397 e. The van der Waals surface area contributed by atoms with Crippen LogP contribution in [0.15, 0.2) is 18.2 Å². The quantitative estimate of drug-likeness (QED) is 0.798. The average Bonchev–Trinajstić information content (AvgIpc) is 2.38. The number of piperazine rings is 1. The van der Waals surface area contributed by atoms with Gasteiger partial charge in [-0.2, -0.15) is 0 Å². The maximum atomic E-state index is 11.3. The zero-order chi connectivity index (χ0) is 14.9. The number of anilines is 2. The fourth-order valence-electron chi connectivity index (χ4n) is 2.59. The molecule has 0 aliphatic carbocycles. The van der Waals surface area contributed by atoms with Gasteiger partial charge in [-0.05, 0) is 39.0 Å². The Bertz CT molecular complexity index is 499. The van der Waals surface area contributed by atoms with Crippen LogP contribution in [0.1, 0.15) is 31.1 Å². The van der Waals surface area contributed by atoms with E-state index in [1.807, 2.05) is 0 Å². The number of nitrogens with two attached hydrogens (primary N) is 2. The van der Waals surface area contributed by atoms with Gasteiger partial charge in [0.1, 0.15) is 0 Å². The summed E-state index contributed by atoms with van der Waals surface area (Å²) >= 11 is 0. The summed E-state index contributed by atoms with van der Waals surface area (Å²) in [5.41, 5.74) is 13.7. The van der Waals surface area contributed by atoms with Crippen molar-refractivity contribution in [2.45, 2.75) is 26.3 Å². The summed E-state index contributed by atoms with van der Waals surface area (Å²) < 4.78 is 0. The summed E-state index contributed by atoms with van der Waals surface area (Å²) in [6.45, 7) is 10.5. The number of nitrogens with zero attached hydrogens (tertiary/aromatic N) is 2. The first-order valence-electron chi connectivity index (χ1n) is 6.98. The second kappa shape index (κ2) is 5.32. The Labute approximate surface area is 120 Å². The van der Waals surface area contributed by atoms with Gasteiger partial charge in [-0.1, -0.05) is 0 Å². The number of amides is 1. The predicted octanol–water partition coefficient (Wildman–Crippen LogP) is 1.29. The highest BCUT2D eigenvalue weighted by Gasteiger charge is 2.26. The van der Waals surface area contributed by atoms with Crippen LogP contribution < -0.4 is 16.4 Å². The van der Waals surface area contributed by atoms with E-state index in [-0.39, 0.29) is 5.54 Å². The molecule has 1 aromatic carbocycles. The molecule has 0 unspecified atom stereocenters. The smallest absolute Gasteiger partial charge is 0.248 e. The van der Waals surface area contributed by atoms with E-state index in [2.05, 4.69) is 30.6 Å². The summed E-state index contributed by atoms with van der Waals surface area (Å²) in [6.07, 6.45) is 0. The van der Waals surface area contributed by atoms with Gasteiger partial charge in [0.05, 0.1) is 11.4 Å². The lowest BCUT2D eigenvalue weighted by molar-refractivity contribution is 0.100. The molecular weight excluding hydrogens is 252 g/mol. The molecule has 0 saturated carbocycles. The molecule has 1 aliphatic heterocycles. The van der Waals surface area contributed by atoms with E-state index < -0.39 is 5.91 Å². The first-order chi connectivity index (χ1) is 9.29. The van der Waals surface area contributed by atoms with Crippen molar-refractivity contribution >= 4 is 17.3 Å². The third kappa shape index (κ3) is 3.04. The summed E-state index contributed by atoms with van der Waals surface area (Å²) in [4.78, 5) is 16.0. The summed E-state index contributed by atoms with van der Waals surface area (Å²) in [5, 5.41) is 0. The van der Waals surface area contributed by atoms with Crippen molar-refractivity contribution in [2.24, 2.45) is 5.73 Å². The molecule has 0 aromatic heterocycles. The van der Waals surface area contributed by atoms with Crippen molar-refractivity contribution in [2.75, 3.05) is 36.8 Å². The van der Waals surface area contributed by atoms with Crippen LogP contribution in [0.5, 0.6) is 0 Å². The molecule has 1 aromatic rings. The highest BCUT2D eigenvalue weighted by Crippen LogP contribution is 2.27. The highest BCUT2D eigenvalue weighted by molar-refractivity contribution is 5.95. The van der Waals surface area contributed by atoms with Gasteiger partial charge in [-0.3, -0.25) is 9.69 Å². The fourth-order valence-corrected chi connectivity index (χ4v) is 2.59. The van der Waals surface area contributed by atoms with Crippen LogP contribution >= 0.6 is 0 Å². The van der Waals surface area contributed by atoms with E-state index in [0.29, 0.717) is 11.3 Å². The molecule has 1 saturated heterocycles. The van der Waals surface area contributed by atoms with Crippen LogP contribution in [0, 0.1) is 0 Å². The van der Waals surface area contributed by atoms with Crippen LogP contribution in [0.25, 0.3) is 0 Å². The number of carbonyl (C=O) groups excluding carboxylic acids is 1. The Morgan fingerprint density at radius 3 is 2.25 bits per heavy atom. The predicted molar refractivity (Wildman–Crippen MR) is 82.9 cm³/mol. The second-order valence-electron chi connectivity index (χ2n) is 6.28. The Balaban J connectivity index is 2.14. The van der Waals surface area contributed by atoms with E-state index in [1.165, 1.54) is 0 Å². The maximum Gasteiger partial charge on any atom is 0.248 e. The Morgan fingerprint density at radius 2 is 1.75 bits per heavy atom. The number of hydrogen-bond acceptors (Lipinski definition) is 4. The lowest BCUT2D eigenvalue weighted by Crippen LogP contribution is -2.53. The number of hydrogen-bond donors (Lipinski definition) is 2. The monoisotopic (exact) mass is 276 g/mol. The summed E-state index contributed by atoms with van der Waals surface area (Å²) in [5.74, 6) is -0.417. The first kappa shape index (κ1) is 14.7. The van der Waals surface area contributed by atoms with Crippen molar-refractivity contribution in [3.8, 4) is 0 Å². The highest BCUT2D eigenvalue weighted by atomic mass is 16.1. The molecule has 0 radical (unpaired) electrons. The minimum absolute atomic E-state index is 0.187. The molecule has 0 bridgehead atoms. The molecule has 5 heteroatoms. The molecule has 20 heavy (non-hydrogen) atoms. The number of benzene rings is 1. The Morgan fingerprint density at radius 1 is 1.15 bits per heavy atom. The molecule has 4 N–H and O–H groups in total. The third-order valence-corrected chi connectivity index (χ3v) is 3.88. The largest absolute Gasteiger partial charge is 0.397 e. The van der Waals surface area contributed by atoms with E-state index >= 15 is 0 Å². The fraction of sp³-hybridized carbons (Fsp3) is 0.533. The van der Waals surface area contributed by atoms with Gasteiger partial charge < -0.3 is 16.4 Å². The molecule has 1 heterocycles. The van der Waals surface area contributed by atoms with Gasteiger partial charge >= 0.3 is 0 Å². The Kier molecular flexibility index (Phi) is 3.90. The van der Waals surface area contributed by atoms with Gasteiger partial charge in [0.25, 0.3) is 0 Å². The van der Waals surface area contributed by atoms with Crippen molar-refractivity contribution in [3.63, 3.8) is 0 Å². The van der Waals surface area contributed by atoms with Crippen LogP contribution in [0.3, 0.4) is 0 Å². The van der Waals surface area contributed by atoms with E-state index in [0.717, 1.165) is 31.9 Å². The number of carbonyl (C=O) groups is 1. The molecule has 1 aliphatic rings. The molecular formula is C15H24N4O. The van der Waals surface area contributed by atoms with E-state index in [1.54, 1.807) is 18.2 Å². The zero-order valence-electron chi connectivity index (χ0n) is 12.5. The van der Waals surface area contributed by atoms with Crippen molar-refractivity contribution in [1.29, 1.82) is 0 Å². The van der Waals surface area contributed by atoms with E-state index in [9.17, 15) is 4.79 Å².